The summed E-state index contributed by atoms with van der Waals surface area (Å²) in [4.78, 5) is 23.2. The van der Waals surface area contributed by atoms with Gasteiger partial charge >= 0.3 is 0 Å². The number of para-hydroxylation sites is 1. The molecule has 120 valence electrons. The molecule has 3 N–H and O–H groups in total. The fraction of sp³-hybridized carbons (Fsp3) is 0.353. The van der Waals surface area contributed by atoms with Crippen LogP contribution in [0.1, 0.15) is 47.8 Å². The van der Waals surface area contributed by atoms with E-state index in [1.54, 1.807) is 4.68 Å². The molecule has 1 fully saturated rings. The maximum atomic E-state index is 12.5. The largest absolute Gasteiger partial charge is 0.370 e. The molecule has 0 unspecified atom stereocenters. The van der Waals surface area contributed by atoms with Gasteiger partial charge in [0.2, 0.25) is 5.91 Å². The summed E-state index contributed by atoms with van der Waals surface area (Å²) >= 11 is 0. The molecule has 6 heteroatoms. The maximum Gasteiger partial charge on any atom is 0.270 e. The van der Waals surface area contributed by atoms with Crippen LogP contribution in [0, 0.1) is 0 Å². The molecule has 0 radical (unpaired) electrons. The predicted octanol–water partition coefficient (Wildman–Crippen LogP) is 1.74. The zero-order chi connectivity index (χ0) is 16.2. The highest BCUT2D eigenvalue weighted by atomic mass is 16.2. The van der Waals surface area contributed by atoms with Gasteiger partial charge in [0.15, 0.2) is 0 Å². The minimum absolute atomic E-state index is 0.183. The Kier molecular flexibility index (Phi) is 4.41. The van der Waals surface area contributed by atoms with E-state index in [1.807, 2.05) is 36.4 Å². The average molecular weight is 312 g/mol. The lowest BCUT2D eigenvalue weighted by Gasteiger charge is -2.08. The number of hydrogen-bond donors (Lipinski definition) is 2. The SMILES string of the molecule is NC(=O)CCCNC(=O)c1cc(C2CC2)nn1-c1ccccc1. The van der Waals surface area contributed by atoms with Crippen molar-refractivity contribution >= 4 is 11.8 Å². The summed E-state index contributed by atoms with van der Waals surface area (Å²) in [5.74, 6) is -0.0660. The minimum atomic E-state index is -0.357. The summed E-state index contributed by atoms with van der Waals surface area (Å²) in [6.45, 7) is 0.417. The van der Waals surface area contributed by atoms with Crippen molar-refractivity contribution in [2.24, 2.45) is 5.73 Å². The molecule has 0 spiro atoms. The van der Waals surface area contributed by atoms with Gasteiger partial charge in [-0.2, -0.15) is 5.10 Å². The molecular weight excluding hydrogens is 292 g/mol. The van der Waals surface area contributed by atoms with E-state index in [1.165, 1.54) is 0 Å². The summed E-state index contributed by atoms with van der Waals surface area (Å²) in [5.41, 5.74) is 7.45. The van der Waals surface area contributed by atoms with Crippen LogP contribution in [0.3, 0.4) is 0 Å². The first kappa shape index (κ1) is 15.3. The van der Waals surface area contributed by atoms with E-state index < -0.39 is 0 Å². The monoisotopic (exact) mass is 312 g/mol. The molecule has 2 aromatic rings. The first-order valence-electron chi connectivity index (χ1n) is 7.87. The molecule has 6 nitrogen and oxygen atoms in total. The van der Waals surface area contributed by atoms with Gasteiger partial charge in [-0.25, -0.2) is 4.68 Å². The van der Waals surface area contributed by atoms with Crippen molar-refractivity contribution in [2.75, 3.05) is 6.54 Å². The number of nitrogens with zero attached hydrogens (tertiary/aromatic N) is 2. The molecule has 1 heterocycles. The summed E-state index contributed by atoms with van der Waals surface area (Å²) < 4.78 is 1.69. The quantitative estimate of drug-likeness (QED) is 0.763. The molecular formula is C17H20N4O2. The third kappa shape index (κ3) is 3.77. The van der Waals surface area contributed by atoms with Crippen LogP contribution in [-0.2, 0) is 4.79 Å². The lowest BCUT2D eigenvalue weighted by Crippen LogP contribution is -2.27. The van der Waals surface area contributed by atoms with Crippen molar-refractivity contribution in [3.05, 3.63) is 47.8 Å². The van der Waals surface area contributed by atoms with Gasteiger partial charge in [0.1, 0.15) is 5.69 Å². The Labute approximate surface area is 134 Å². The Morgan fingerprint density at radius 2 is 2.00 bits per heavy atom. The number of nitrogens with two attached hydrogens (primary N) is 1. The van der Waals surface area contributed by atoms with Gasteiger partial charge in [0, 0.05) is 18.9 Å². The normalized spacial score (nSPS) is 13.7. The Hall–Kier alpha value is -2.63. The third-order valence-corrected chi connectivity index (χ3v) is 3.84. The van der Waals surface area contributed by atoms with Crippen molar-refractivity contribution < 1.29 is 9.59 Å². The van der Waals surface area contributed by atoms with E-state index in [-0.39, 0.29) is 18.2 Å². The molecule has 3 rings (SSSR count). The van der Waals surface area contributed by atoms with E-state index >= 15 is 0 Å². The fourth-order valence-electron chi connectivity index (χ4n) is 2.46. The maximum absolute atomic E-state index is 12.5. The van der Waals surface area contributed by atoms with Gasteiger partial charge in [0.05, 0.1) is 11.4 Å². The summed E-state index contributed by atoms with van der Waals surface area (Å²) in [7, 11) is 0. The van der Waals surface area contributed by atoms with Crippen molar-refractivity contribution in [1.29, 1.82) is 0 Å². The topological polar surface area (TPSA) is 90.0 Å². The summed E-state index contributed by atoms with van der Waals surface area (Å²) in [6.07, 6.45) is 3.07. The van der Waals surface area contributed by atoms with Gasteiger partial charge in [0.25, 0.3) is 5.91 Å². The molecule has 1 saturated carbocycles. The van der Waals surface area contributed by atoms with Crippen LogP contribution in [0.25, 0.3) is 5.69 Å². The van der Waals surface area contributed by atoms with E-state index in [0.29, 0.717) is 24.6 Å². The van der Waals surface area contributed by atoms with Crippen LogP contribution in [0.2, 0.25) is 0 Å². The van der Waals surface area contributed by atoms with Gasteiger partial charge in [-0.1, -0.05) is 18.2 Å². The minimum Gasteiger partial charge on any atom is -0.370 e. The van der Waals surface area contributed by atoms with E-state index in [4.69, 9.17) is 5.73 Å². The van der Waals surface area contributed by atoms with Gasteiger partial charge in [-0.3, -0.25) is 9.59 Å². The molecule has 0 atom stereocenters. The second kappa shape index (κ2) is 6.64. The Morgan fingerprint density at radius 3 is 2.65 bits per heavy atom. The van der Waals surface area contributed by atoms with Crippen molar-refractivity contribution in [2.45, 2.75) is 31.6 Å². The molecule has 23 heavy (non-hydrogen) atoms. The number of rotatable bonds is 7. The second-order valence-electron chi connectivity index (χ2n) is 5.80. The van der Waals surface area contributed by atoms with Gasteiger partial charge in [-0.05, 0) is 37.5 Å². The first-order chi connectivity index (χ1) is 11.1. The van der Waals surface area contributed by atoms with Crippen LogP contribution >= 0.6 is 0 Å². The standard InChI is InChI=1S/C17H20N4O2/c18-16(22)7-4-10-19-17(23)15-11-14(12-8-9-12)20-21(15)13-5-2-1-3-6-13/h1-3,5-6,11-12H,4,7-10H2,(H2,18,22)(H,19,23). The van der Waals surface area contributed by atoms with Crippen LogP contribution in [0.15, 0.2) is 36.4 Å². The number of carbonyl (C=O) groups is 2. The molecule has 0 bridgehead atoms. The number of aromatic nitrogens is 2. The number of carbonyl (C=O) groups excluding carboxylic acids is 2. The van der Waals surface area contributed by atoms with E-state index in [2.05, 4.69) is 10.4 Å². The second-order valence-corrected chi connectivity index (χ2v) is 5.80. The average Bonchev–Trinajstić information content (AvgIpc) is 3.30. The summed E-state index contributed by atoms with van der Waals surface area (Å²) in [5, 5.41) is 7.43. The Bertz CT molecular complexity index is 705. The molecule has 1 aliphatic carbocycles. The lowest BCUT2D eigenvalue weighted by molar-refractivity contribution is -0.118. The van der Waals surface area contributed by atoms with Crippen molar-refractivity contribution in [3.63, 3.8) is 0 Å². The van der Waals surface area contributed by atoms with Crippen LogP contribution in [0.5, 0.6) is 0 Å². The Morgan fingerprint density at radius 1 is 1.26 bits per heavy atom. The molecule has 2 amide bonds. The van der Waals surface area contributed by atoms with Crippen molar-refractivity contribution in [1.82, 2.24) is 15.1 Å². The molecule has 0 aliphatic heterocycles. The summed E-state index contributed by atoms with van der Waals surface area (Å²) in [6, 6.07) is 11.5. The highest BCUT2D eigenvalue weighted by Gasteiger charge is 2.28. The number of benzene rings is 1. The number of nitrogens with one attached hydrogen (secondary N) is 1. The molecule has 1 aromatic carbocycles. The van der Waals surface area contributed by atoms with Crippen molar-refractivity contribution in [3.8, 4) is 5.69 Å². The van der Waals surface area contributed by atoms with E-state index in [0.717, 1.165) is 24.2 Å². The predicted molar refractivity (Wildman–Crippen MR) is 86.3 cm³/mol. The van der Waals surface area contributed by atoms with Crippen LogP contribution < -0.4 is 11.1 Å². The van der Waals surface area contributed by atoms with E-state index in [9.17, 15) is 9.59 Å². The lowest BCUT2D eigenvalue weighted by atomic mass is 10.2. The highest BCUT2D eigenvalue weighted by molar-refractivity contribution is 5.93. The first-order valence-corrected chi connectivity index (χ1v) is 7.87. The number of amides is 2. The Balaban J connectivity index is 1.77. The molecule has 1 aliphatic rings. The zero-order valence-electron chi connectivity index (χ0n) is 12.9. The number of primary amides is 1. The number of hydrogen-bond acceptors (Lipinski definition) is 3. The smallest absolute Gasteiger partial charge is 0.270 e. The third-order valence-electron chi connectivity index (χ3n) is 3.84. The van der Waals surface area contributed by atoms with Crippen LogP contribution in [-0.4, -0.2) is 28.1 Å². The van der Waals surface area contributed by atoms with Gasteiger partial charge in [-0.15, -0.1) is 0 Å². The highest BCUT2D eigenvalue weighted by Crippen LogP contribution is 2.39. The van der Waals surface area contributed by atoms with Crippen LogP contribution in [0.4, 0.5) is 0 Å². The zero-order valence-corrected chi connectivity index (χ0v) is 12.9. The molecule has 1 aromatic heterocycles. The van der Waals surface area contributed by atoms with Gasteiger partial charge < -0.3 is 11.1 Å². The fourth-order valence-corrected chi connectivity index (χ4v) is 2.46. The molecule has 0 saturated heterocycles.